The molecule has 41 heavy (non-hydrogen) atoms. The third-order valence-corrected chi connectivity index (χ3v) is 9.33. The number of rotatable bonds is 2. The Morgan fingerprint density at radius 1 is 0.585 bits per heavy atom. The predicted molar refractivity (Wildman–Crippen MR) is 170 cm³/mol. The molecule has 0 atom stereocenters. The van der Waals surface area contributed by atoms with Crippen molar-refractivity contribution in [2.45, 2.75) is 5.41 Å². The van der Waals surface area contributed by atoms with Gasteiger partial charge in [-0.1, -0.05) is 132 Å². The van der Waals surface area contributed by atoms with E-state index in [0.29, 0.717) is 5.69 Å². The van der Waals surface area contributed by atoms with Crippen molar-refractivity contribution in [1.29, 1.82) is 0 Å². The lowest BCUT2D eigenvalue weighted by atomic mass is 9.29. The normalized spacial score (nSPS) is 14.0. The highest BCUT2D eigenvalue weighted by Gasteiger charge is 2.50. The van der Waals surface area contributed by atoms with Crippen LogP contribution < -0.4 is 16.4 Å². The molecule has 0 unspecified atom stereocenters. The second-order valence-corrected chi connectivity index (χ2v) is 11.1. The first-order valence-electron chi connectivity index (χ1n) is 14.1. The van der Waals surface area contributed by atoms with Crippen LogP contribution in [0.5, 0.6) is 0 Å². The Hall–Kier alpha value is -5.33. The highest BCUT2D eigenvalue weighted by Crippen LogP contribution is 2.47. The summed E-state index contributed by atoms with van der Waals surface area (Å²) in [7, 11) is 0. The molecule has 6 aromatic carbocycles. The molecule has 2 aliphatic heterocycles. The first kappa shape index (κ1) is 22.5. The van der Waals surface area contributed by atoms with Crippen molar-refractivity contribution >= 4 is 50.6 Å². The van der Waals surface area contributed by atoms with Crippen LogP contribution in [-0.2, 0) is 5.41 Å². The Balaban J connectivity index is 1.54. The van der Waals surface area contributed by atoms with E-state index in [1.165, 1.54) is 60.7 Å². The average molecular weight is 518 g/mol. The number of benzene rings is 6. The van der Waals surface area contributed by atoms with Crippen molar-refractivity contribution in [3.8, 4) is 5.69 Å². The number of aromatic nitrogens is 1. The first-order chi connectivity index (χ1) is 20.3. The number of nitrogens with zero attached hydrogens (tertiary/aromatic N) is 2. The van der Waals surface area contributed by atoms with Crippen molar-refractivity contribution in [1.82, 2.24) is 4.57 Å². The molecule has 2 aliphatic rings. The number of hydrogen-bond donors (Lipinski definition) is 0. The summed E-state index contributed by atoms with van der Waals surface area (Å²) in [5, 5.41) is 2.34. The van der Waals surface area contributed by atoms with Crippen molar-refractivity contribution in [3.63, 3.8) is 0 Å². The molecular weight excluding hydrogens is 495 g/mol. The van der Waals surface area contributed by atoms with Gasteiger partial charge in [0.15, 0.2) is 5.69 Å². The van der Waals surface area contributed by atoms with E-state index in [1.54, 1.807) is 0 Å². The van der Waals surface area contributed by atoms with E-state index in [9.17, 15) is 0 Å². The third-order valence-electron chi connectivity index (χ3n) is 9.33. The summed E-state index contributed by atoms with van der Waals surface area (Å²) < 4.78 is 2.46. The molecule has 0 bridgehead atoms. The van der Waals surface area contributed by atoms with E-state index < -0.39 is 5.41 Å². The monoisotopic (exact) mass is 518 g/mol. The molecular formula is C38H23BN2. The van der Waals surface area contributed by atoms with Gasteiger partial charge in [0, 0.05) is 16.6 Å². The first-order valence-corrected chi connectivity index (χ1v) is 14.1. The van der Waals surface area contributed by atoms with Crippen molar-refractivity contribution < 1.29 is 0 Å². The number of hydrogen-bond acceptors (Lipinski definition) is 0. The van der Waals surface area contributed by atoms with Gasteiger partial charge in [0.2, 0.25) is 6.71 Å². The Kier molecular flexibility index (Phi) is 4.44. The standard InChI is InChI=1S/C38H23BN2/c1-40-27-23-29-28-17-8-11-21-34(28)41-35-22-12-19-31-36(35)39(33(24-27)37(29)41)32-20-10-9-18-30(32)38(31,25-13-4-2-5-14-25)26-15-6-3-7-16-26/h2-24H. The summed E-state index contributed by atoms with van der Waals surface area (Å²) in [5.74, 6) is 0. The Labute approximate surface area is 239 Å². The molecule has 0 fully saturated rings. The molecule has 188 valence electrons. The maximum Gasteiger partial charge on any atom is 0.245 e. The topological polar surface area (TPSA) is 9.29 Å². The van der Waals surface area contributed by atoms with Crippen molar-refractivity contribution in [2.75, 3.05) is 0 Å². The molecule has 3 heteroatoms. The average Bonchev–Trinajstić information content (AvgIpc) is 3.38. The maximum absolute atomic E-state index is 8.00. The van der Waals surface area contributed by atoms with Crippen LogP contribution >= 0.6 is 0 Å². The van der Waals surface area contributed by atoms with Gasteiger partial charge in [-0.05, 0) is 51.3 Å². The second-order valence-electron chi connectivity index (χ2n) is 11.1. The van der Waals surface area contributed by atoms with Gasteiger partial charge in [-0.15, -0.1) is 0 Å². The van der Waals surface area contributed by atoms with E-state index in [2.05, 4.69) is 149 Å². The lowest BCUT2D eigenvalue weighted by molar-refractivity contribution is 0.750. The minimum Gasteiger partial charge on any atom is -0.310 e. The van der Waals surface area contributed by atoms with E-state index in [0.717, 1.165) is 5.39 Å². The summed E-state index contributed by atoms with van der Waals surface area (Å²) in [6.45, 7) is 8.03. The number of para-hydroxylation sites is 1. The zero-order chi connectivity index (χ0) is 27.1. The van der Waals surface area contributed by atoms with Gasteiger partial charge in [0.25, 0.3) is 0 Å². The van der Waals surface area contributed by atoms with Crippen LogP contribution in [0.1, 0.15) is 22.3 Å². The fourth-order valence-electron chi connectivity index (χ4n) is 7.90. The molecule has 0 radical (unpaired) electrons. The highest BCUT2D eigenvalue weighted by atomic mass is 15.0. The summed E-state index contributed by atoms with van der Waals surface area (Å²) in [6, 6.07) is 50.7. The van der Waals surface area contributed by atoms with E-state index in [1.807, 2.05) is 0 Å². The van der Waals surface area contributed by atoms with Gasteiger partial charge in [0.05, 0.1) is 17.5 Å². The van der Waals surface area contributed by atoms with Gasteiger partial charge in [-0.3, -0.25) is 0 Å². The molecule has 0 saturated heterocycles. The van der Waals surface area contributed by atoms with Gasteiger partial charge in [-0.25, -0.2) is 4.85 Å². The van der Waals surface area contributed by atoms with Crippen molar-refractivity contribution in [2.24, 2.45) is 0 Å². The molecule has 2 nitrogen and oxygen atoms in total. The minimum absolute atomic E-state index is 0.0268. The van der Waals surface area contributed by atoms with Crippen LogP contribution in [0.3, 0.4) is 0 Å². The van der Waals surface area contributed by atoms with Gasteiger partial charge >= 0.3 is 0 Å². The molecule has 0 saturated carbocycles. The van der Waals surface area contributed by atoms with Gasteiger partial charge in [0.1, 0.15) is 0 Å². The lowest BCUT2D eigenvalue weighted by Gasteiger charge is -2.46. The molecule has 7 aromatic rings. The number of fused-ring (bicyclic) bond motifs is 7. The summed E-state index contributed by atoms with van der Waals surface area (Å²) >= 11 is 0. The van der Waals surface area contributed by atoms with Crippen LogP contribution in [0.4, 0.5) is 5.69 Å². The van der Waals surface area contributed by atoms with Crippen LogP contribution in [0.25, 0.3) is 32.3 Å². The molecule has 1 aromatic heterocycles. The zero-order valence-corrected chi connectivity index (χ0v) is 22.3. The molecule has 0 N–H and O–H groups in total. The summed E-state index contributed by atoms with van der Waals surface area (Å²) in [5.41, 5.74) is 12.8. The van der Waals surface area contributed by atoms with E-state index in [4.69, 9.17) is 6.57 Å². The molecule has 3 heterocycles. The summed E-state index contributed by atoms with van der Waals surface area (Å²) in [4.78, 5) is 3.96. The second kappa shape index (κ2) is 8.10. The fourth-order valence-corrected chi connectivity index (χ4v) is 7.90. The minimum atomic E-state index is -0.488. The Bertz CT molecular complexity index is 2180. The lowest BCUT2D eigenvalue weighted by Crippen LogP contribution is -2.64. The smallest absolute Gasteiger partial charge is 0.245 e. The van der Waals surface area contributed by atoms with E-state index in [-0.39, 0.29) is 6.71 Å². The van der Waals surface area contributed by atoms with Gasteiger partial charge in [-0.2, -0.15) is 0 Å². The molecule has 9 rings (SSSR count). The van der Waals surface area contributed by atoms with Crippen molar-refractivity contribution in [3.05, 3.63) is 173 Å². The molecule has 0 amide bonds. The quantitative estimate of drug-likeness (QED) is 0.175. The summed E-state index contributed by atoms with van der Waals surface area (Å²) in [6.07, 6.45) is 0. The van der Waals surface area contributed by atoms with Crippen LogP contribution in [0, 0.1) is 6.57 Å². The predicted octanol–water partition coefficient (Wildman–Crippen LogP) is 6.86. The maximum atomic E-state index is 8.00. The SMILES string of the molecule is [C-]#[N+]c1cc2c3c(c1)c1ccccc1n3-c1cccc3c1B2c1ccccc1C3(c1ccccc1)c1ccccc1. The Morgan fingerprint density at radius 2 is 1.24 bits per heavy atom. The fraction of sp³-hybridized carbons (Fsp3) is 0.0263. The highest BCUT2D eigenvalue weighted by molar-refractivity contribution is 6.99. The third kappa shape index (κ3) is 2.72. The van der Waals surface area contributed by atoms with E-state index >= 15 is 0 Å². The van der Waals surface area contributed by atoms with Crippen LogP contribution in [0.15, 0.2) is 140 Å². The Morgan fingerprint density at radius 3 is 2.00 bits per heavy atom. The van der Waals surface area contributed by atoms with Gasteiger partial charge < -0.3 is 4.57 Å². The van der Waals surface area contributed by atoms with Crippen LogP contribution in [0.2, 0.25) is 0 Å². The van der Waals surface area contributed by atoms with Crippen LogP contribution in [-0.4, -0.2) is 11.3 Å². The molecule has 0 spiro atoms. The molecule has 0 aliphatic carbocycles. The zero-order valence-electron chi connectivity index (χ0n) is 22.3. The largest absolute Gasteiger partial charge is 0.310 e.